The lowest BCUT2D eigenvalue weighted by molar-refractivity contribution is 0.669. The van der Waals surface area contributed by atoms with Crippen LogP contribution in [0.15, 0.2) is 235 Å². The molecule has 0 bridgehead atoms. The smallest absolute Gasteiger partial charge is 0.164 e. The Morgan fingerprint density at radius 2 is 0.647 bits per heavy atom. The Labute approximate surface area is 390 Å². The molecule has 14 rings (SSSR count). The van der Waals surface area contributed by atoms with Gasteiger partial charge in [0, 0.05) is 43.9 Å². The molecule has 0 aliphatic rings. The highest BCUT2D eigenvalue weighted by molar-refractivity contribution is 6.26. The minimum Gasteiger partial charge on any atom is -0.456 e. The molecule has 0 fully saturated rings. The molecule has 3 heterocycles. The molecule has 0 N–H and O–H groups in total. The molecule has 0 aliphatic heterocycles. The van der Waals surface area contributed by atoms with E-state index in [0.29, 0.717) is 17.5 Å². The highest BCUT2D eigenvalue weighted by atomic mass is 16.3. The van der Waals surface area contributed by atoms with Crippen LogP contribution in [0.3, 0.4) is 0 Å². The summed E-state index contributed by atoms with van der Waals surface area (Å²) in [5, 5.41) is 12.2. The standard InChI is InChI=1S/C63H38N4O/c1-4-14-39(15-5-1)61-64-62(40-16-6-2-7-17-40)66-63(65-61)45-27-32-54-56-35-42(28-33-59(56)68-60(54)38-45)44-26-31-53-52-30-25-43(36-57(52)67(58(53)37-44)46-18-8-3-9-19-46)41-24-29-51-49-22-11-10-20-47(49)48-21-12-13-23-50(48)55(51)34-41/h1-38H. The van der Waals surface area contributed by atoms with Gasteiger partial charge in [0.2, 0.25) is 0 Å². The molecule has 3 aromatic heterocycles. The summed E-state index contributed by atoms with van der Waals surface area (Å²) in [6.07, 6.45) is 0. The largest absolute Gasteiger partial charge is 0.456 e. The lowest BCUT2D eigenvalue weighted by Crippen LogP contribution is -2.00. The van der Waals surface area contributed by atoms with Crippen molar-refractivity contribution >= 4 is 76.1 Å². The van der Waals surface area contributed by atoms with Gasteiger partial charge in [-0.05, 0) is 109 Å². The van der Waals surface area contributed by atoms with Crippen LogP contribution in [-0.4, -0.2) is 19.5 Å². The van der Waals surface area contributed by atoms with E-state index in [1.54, 1.807) is 0 Å². The third-order valence-corrected chi connectivity index (χ3v) is 13.6. The van der Waals surface area contributed by atoms with Crippen LogP contribution in [0.5, 0.6) is 0 Å². The normalized spacial score (nSPS) is 11.8. The Bertz CT molecular complexity index is 4210. The molecule has 0 unspecified atom stereocenters. The van der Waals surface area contributed by atoms with Crippen LogP contribution in [0.2, 0.25) is 0 Å². The second kappa shape index (κ2) is 15.2. The Balaban J connectivity index is 0.877. The maximum atomic E-state index is 6.56. The summed E-state index contributed by atoms with van der Waals surface area (Å²) in [6.45, 7) is 0. The van der Waals surface area contributed by atoms with Crippen LogP contribution in [0, 0.1) is 0 Å². The van der Waals surface area contributed by atoms with Gasteiger partial charge in [0.1, 0.15) is 11.2 Å². The number of hydrogen-bond acceptors (Lipinski definition) is 4. The van der Waals surface area contributed by atoms with Crippen LogP contribution in [0.1, 0.15) is 0 Å². The maximum absolute atomic E-state index is 6.56. The van der Waals surface area contributed by atoms with Crippen molar-refractivity contribution in [3.8, 4) is 62.1 Å². The van der Waals surface area contributed by atoms with Gasteiger partial charge in [-0.15, -0.1) is 0 Å². The average Bonchev–Trinajstić information content (AvgIpc) is 3.95. The molecule has 14 aromatic rings. The van der Waals surface area contributed by atoms with E-state index >= 15 is 0 Å². The number of furan rings is 1. The van der Waals surface area contributed by atoms with Gasteiger partial charge in [0.15, 0.2) is 17.5 Å². The highest BCUT2D eigenvalue weighted by Gasteiger charge is 2.18. The first-order valence-electron chi connectivity index (χ1n) is 23.0. The van der Waals surface area contributed by atoms with Crippen LogP contribution in [-0.2, 0) is 0 Å². The van der Waals surface area contributed by atoms with E-state index in [4.69, 9.17) is 19.4 Å². The number of aromatic nitrogens is 4. The van der Waals surface area contributed by atoms with Gasteiger partial charge in [-0.25, -0.2) is 15.0 Å². The Morgan fingerprint density at radius 1 is 0.250 bits per heavy atom. The topological polar surface area (TPSA) is 56.7 Å². The first kappa shape index (κ1) is 38.1. The Morgan fingerprint density at radius 3 is 1.21 bits per heavy atom. The fourth-order valence-electron chi connectivity index (χ4n) is 10.4. The fraction of sp³-hybridized carbons (Fsp3) is 0. The van der Waals surface area contributed by atoms with Gasteiger partial charge >= 0.3 is 0 Å². The lowest BCUT2D eigenvalue weighted by Gasteiger charge is -2.13. The minimum atomic E-state index is 0.592. The molecule has 0 saturated carbocycles. The predicted octanol–water partition coefficient (Wildman–Crippen LogP) is 16.7. The molecule has 5 heteroatoms. The third-order valence-electron chi connectivity index (χ3n) is 13.6. The van der Waals surface area contributed by atoms with Crippen LogP contribution in [0.25, 0.3) is 138 Å². The van der Waals surface area contributed by atoms with Crippen LogP contribution >= 0.6 is 0 Å². The van der Waals surface area contributed by atoms with E-state index in [9.17, 15) is 0 Å². The van der Waals surface area contributed by atoms with E-state index in [1.165, 1.54) is 59.7 Å². The second-order valence-electron chi connectivity index (χ2n) is 17.5. The molecule has 11 aromatic carbocycles. The Hall–Kier alpha value is -9.19. The fourth-order valence-corrected chi connectivity index (χ4v) is 10.4. The predicted molar refractivity (Wildman–Crippen MR) is 281 cm³/mol. The highest BCUT2D eigenvalue weighted by Crippen LogP contribution is 2.41. The molecule has 0 saturated heterocycles. The molecular formula is C63H38N4O. The first-order valence-corrected chi connectivity index (χ1v) is 23.0. The van der Waals surface area contributed by atoms with Crippen LogP contribution in [0.4, 0.5) is 0 Å². The second-order valence-corrected chi connectivity index (χ2v) is 17.5. The van der Waals surface area contributed by atoms with E-state index in [2.05, 4.69) is 174 Å². The van der Waals surface area contributed by atoms with E-state index in [0.717, 1.165) is 61.0 Å². The molecule has 0 aliphatic carbocycles. The molecule has 5 nitrogen and oxygen atoms in total. The molecule has 0 radical (unpaired) electrons. The zero-order chi connectivity index (χ0) is 44.7. The number of rotatable bonds is 6. The van der Waals surface area contributed by atoms with Gasteiger partial charge in [-0.3, -0.25) is 0 Å². The number of hydrogen-bond donors (Lipinski definition) is 0. The van der Waals surface area contributed by atoms with Crippen LogP contribution < -0.4 is 0 Å². The van der Waals surface area contributed by atoms with E-state index in [-0.39, 0.29) is 0 Å². The summed E-state index contributed by atoms with van der Waals surface area (Å²) in [5.74, 6) is 1.84. The summed E-state index contributed by atoms with van der Waals surface area (Å²) in [7, 11) is 0. The van der Waals surface area contributed by atoms with Crippen molar-refractivity contribution < 1.29 is 4.42 Å². The SMILES string of the molecule is c1ccc(-c2nc(-c3ccccc3)nc(-c3ccc4c(c3)oc3ccc(-c5ccc6c7ccc(-c8ccc9c%10ccccc%10c%10ccccc%10c9c8)cc7n(-c7ccccc7)c6c5)cc34)n2)cc1. The summed E-state index contributed by atoms with van der Waals surface area (Å²) in [6, 6.07) is 81.9. The van der Waals surface area contributed by atoms with E-state index in [1.807, 2.05) is 60.7 Å². The number of fused-ring (bicyclic) bond motifs is 12. The van der Waals surface area contributed by atoms with Crippen molar-refractivity contribution in [1.29, 1.82) is 0 Å². The van der Waals surface area contributed by atoms with Gasteiger partial charge in [-0.2, -0.15) is 0 Å². The van der Waals surface area contributed by atoms with Gasteiger partial charge < -0.3 is 8.98 Å². The number of benzene rings is 11. The van der Waals surface area contributed by atoms with Crippen molar-refractivity contribution in [2.24, 2.45) is 0 Å². The van der Waals surface area contributed by atoms with Crippen molar-refractivity contribution in [2.75, 3.05) is 0 Å². The summed E-state index contributed by atoms with van der Waals surface area (Å²) >= 11 is 0. The van der Waals surface area contributed by atoms with Crippen molar-refractivity contribution in [2.45, 2.75) is 0 Å². The summed E-state index contributed by atoms with van der Waals surface area (Å²) in [4.78, 5) is 14.8. The van der Waals surface area contributed by atoms with Crippen molar-refractivity contribution in [3.05, 3.63) is 231 Å². The Kier molecular flexibility index (Phi) is 8.52. The molecule has 0 spiro atoms. The van der Waals surface area contributed by atoms with Gasteiger partial charge in [0.05, 0.1) is 11.0 Å². The maximum Gasteiger partial charge on any atom is 0.164 e. The number of para-hydroxylation sites is 1. The molecule has 68 heavy (non-hydrogen) atoms. The zero-order valence-electron chi connectivity index (χ0n) is 36.6. The zero-order valence-corrected chi connectivity index (χ0v) is 36.6. The quantitative estimate of drug-likeness (QED) is 0.156. The number of nitrogens with zero attached hydrogens (tertiary/aromatic N) is 4. The monoisotopic (exact) mass is 866 g/mol. The lowest BCUT2D eigenvalue weighted by atomic mass is 9.92. The van der Waals surface area contributed by atoms with E-state index < -0.39 is 0 Å². The summed E-state index contributed by atoms with van der Waals surface area (Å²) < 4.78 is 8.98. The first-order chi connectivity index (χ1) is 33.7. The third kappa shape index (κ3) is 6.14. The van der Waals surface area contributed by atoms with Gasteiger partial charge in [0.25, 0.3) is 0 Å². The average molecular weight is 867 g/mol. The molecular weight excluding hydrogens is 829 g/mol. The summed E-state index contributed by atoms with van der Waals surface area (Å²) in [5.41, 5.74) is 12.4. The van der Waals surface area contributed by atoms with Gasteiger partial charge in [-0.1, -0.05) is 176 Å². The van der Waals surface area contributed by atoms with Crippen molar-refractivity contribution in [1.82, 2.24) is 19.5 Å². The molecule has 0 amide bonds. The minimum absolute atomic E-state index is 0.592. The van der Waals surface area contributed by atoms with Crippen molar-refractivity contribution in [3.63, 3.8) is 0 Å². The molecule has 316 valence electrons. The molecule has 0 atom stereocenters.